The van der Waals surface area contributed by atoms with Gasteiger partial charge < -0.3 is 20.4 Å². The molecule has 10 heteroatoms. The van der Waals surface area contributed by atoms with Crippen LogP contribution in [0, 0.1) is 10.1 Å². The van der Waals surface area contributed by atoms with Gasteiger partial charge in [0.05, 0.1) is 11.0 Å². The van der Waals surface area contributed by atoms with Crippen LogP contribution in [0.25, 0.3) is 10.8 Å². The van der Waals surface area contributed by atoms with E-state index < -0.39 is 0 Å². The van der Waals surface area contributed by atoms with Crippen LogP contribution in [0.3, 0.4) is 0 Å². The molecule has 0 radical (unpaired) electrons. The minimum Gasteiger partial charge on any atom is -0.368 e. The molecule has 0 bridgehead atoms. The van der Waals surface area contributed by atoms with Crippen LogP contribution in [-0.2, 0) is 0 Å². The fourth-order valence-electron chi connectivity index (χ4n) is 5.91. The second-order valence-corrected chi connectivity index (χ2v) is 10.9. The molecule has 1 aliphatic heterocycles. The molecule has 2 N–H and O–H groups in total. The van der Waals surface area contributed by atoms with Crippen LogP contribution in [0.4, 0.5) is 29.2 Å². The van der Waals surface area contributed by atoms with Crippen molar-refractivity contribution in [3.8, 4) is 0 Å². The summed E-state index contributed by atoms with van der Waals surface area (Å²) in [6.07, 6.45) is 6.00. The van der Waals surface area contributed by atoms with Gasteiger partial charge in [-0.15, -0.1) is 0 Å². The highest BCUT2D eigenvalue weighted by Crippen LogP contribution is 2.28. The molecule has 41 heavy (non-hydrogen) atoms. The molecule has 1 aromatic heterocycles. The third kappa shape index (κ3) is 6.16. The normalized spacial score (nSPS) is 16.9. The Labute approximate surface area is 240 Å². The van der Waals surface area contributed by atoms with E-state index in [-0.39, 0.29) is 16.7 Å². The van der Waals surface area contributed by atoms with E-state index in [0.29, 0.717) is 23.9 Å². The van der Waals surface area contributed by atoms with Crippen molar-refractivity contribution in [1.82, 2.24) is 15.0 Å². The van der Waals surface area contributed by atoms with E-state index in [4.69, 9.17) is 15.0 Å². The summed E-state index contributed by atoms with van der Waals surface area (Å²) in [6.45, 7) is 5.15. The van der Waals surface area contributed by atoms with Crippen molar-refractivity contribution in [2.45, 2.75) is 51.1 Å². The Kier molecular flexibility index (Phi) is 7.80. The largest absolute Gasteiger partial charge is 0.368 e. The maximum absolute atomic E-state index is 11.0. The van der Waals surface area contributed by atoms with Crippen molar-refractivity contribution in [3.05, 3.63) is 82.4 Å². The standard InChI is InChI=1S/C31H36N8O2/c1-22(27-13-7-9-23-8-5-6-12-28(23)27)32-29-34-30(33-24-10-3-2-4-11-24)36-31(35-29)38-20-18-37(19-21-38)25-14-16-26(17-15-25)39(40)41/h5-9,12-17,22,24H,2-4,10-11,18-21H2,1H3,(H2,32,33,34,35,36). The molecule has 3 aromatic carbocycles. The van der Waals surface area contributed by atoms with Gasteiger partial charge in [0, 0.05) is 50.0 Å². The predicted molar refractivity (Wildman–Crippen MR) is 164 cm³/mol. The summed E-state index contributed by atoms with van der Waals surface area (Å²) in [5.74, 6) is 1.84. The van der Waals surface area contributed by atoms with Crippen molar-refractivity contribution < 1.29 is 4.92 Å². The summed E-state index contributed by atoms with van der Waals surface area (Å²) < 4.78 is 0. The number of nitro benzene ring substituents is 1. The number of anilines is 4. The number of aromatic nitrogens is 3. The van der Waals surface area contributed by atoms with Crippen LogP contribution in [0.5, 0.6) is 0 Å². The zero-order valence-corrected chi connectivity index (χ0v) is 23.4. The number of benzene rings is 3. The van der Waals surface area contributed by atoms with E-state index >= 15 is 0 Å². The van der Waals surface area contributed by atoms with Gasteiger partial charge >= 0.3 is 0 Å². The molecule has 4 aromatic rings. The van der Waals surface area contributed by atoms with Crippen molar-refractivity contribution in [2.75, 3.05) is 46.6 Å². The highest BCUT2D eigenvalue weighted by Gasteiger charge is 2.23. The first-order valence-electron chi connectivity index (χ1n) is 14.5. The van der Waals surface area contributed by atoms with Gasteiger partial charge in [-0.05, 0) is 48.2 Å². The smallest absolute Gasteiger partial charge is 0.269 e. The van der Waals surface area contributed by atoms with Gasteiger partial charge in [-0.25, -0.2) is 0 Å². The average molecular weight is 553 g/mol. The first-order valence-corrected chi connectivity index (χ1v) is 14.5. The minimum absolute atomic E-state index is 0.00198. The van der Waals surface area contributed by atoms with Crippen molar-refractivity contribution in [1.29, 1.82) is 0 Å². The highest BCUT2D eigenvalue weighted by atomic mass is 16.6. The Balaban J connectivity index is 1.22. The topological polar surface area (TPSA) is 112 Å². The molecular weight excluding hydrogens is 516 g/mol. The van der Waals surface area contributed by atoms with Crippen LogP contribution in [0.1, 0.15) is 50.6 Å². The van der Waals surface area contributed by atoms with Crippen molar-refractivity contribution in [2.24, 2.45) is 0 Å². The summed E-state index contributed by atoms with van der Waals surface area (Å²) in [5, 5.41) is 20.6. The number of piperazine rings is 1. The number of hydrogen-bond acceptors (Lipinski definition) is 9. The van der Waals surface area contributed by atoms with Gasteiger partial charge in [0.1, 0.15) is 0 Å². The fourth-order valence-corrected chi connectivity index (χ4v) is 5.91. The monoisotopic (exact) mass is 552 g/mol. The van der Waals surface area contributed by atoms with Gasteiger partial charge in [-0.2, -0.15) is 15.0 Å². The minimum atomic E-state index is -0.367. The molecule has 6 rings (SSSR count). The summed E-state index contributed by atoms with van der Waals surface area (Å²) in [7, 11) is 0. The summed E-state index contributed by atoms with van der Waals surface area (Å²) in [6, 6.07) is 21.9. The Bertz CT molecular complexity index is 1490. The van der Waals surface area contributed by atoms with Gasteiger partial charge in [0.15, 0.2) is 0 Å². The van der Waals surface area contributed by atoms with E-state index in [1.54, 1.807) is 12.1 Å². The molecule has 1 aliphatic carbocycles. The lowest BCUT2D eigenvalue weighted by Crippen LogP contribution is -2.47. The number of non-ortho nitro benzene ring substituents is 1. The number of hydrogen-bond donors (Lipinski definition) is 2. The summed E-state index contributed by atoms with van der Waals surface area (Å²) >= 11 is 0. The number of nitrogens with zero attached hydrogens (tertiary/aromatic N) is 6. The van der Waals surface area contributed by atoms with Gasteiger partial charge in [0.2, 0.25) is 17.8 Å². The molecule has 1 atom stereocenters. The quantitative estimate of drug-likeness (QED) is 0.195. The molecule has 0 spiro atoms. The Morgan fingerprint density at radius 3 is 2.27 bits per heavy atom. The maximum Gasteiger partial charge on any atom is 0.269 e. The molecule has 1 unspecified atom stereocenters. The molecule has 1 saturated heterocycles. The zero-order chi connectivity index (χ0) is 28.2. The Morgan fingerprint density at radius 2 is 1.51 bits per heavy atom. The SMILES string of the molecule is CC(Nc1nc(NC2CCCCC2)nc(N2CCN(c3ccc([N+](=O)[O-])cc3)CC2)n1)c1cccc2ccccc12. The van der Waals surface area contributed by atoms with Crippen molar-refractivity contribution in [3.63, 3.8) is 0 Å². The lowest BCUT2D eigenvalue weighted by Gasteiger charge is -2.36. The van der Waals surface area contributed by atoms with E-state index in [1.807, 2.05) is 12.1 Å². The number of nitrogens with one attached hydrogen (secondary N) is 2. The van der Waals surface area contributed by atoms with Gasteiger partial charge in [0.25, 0.3) is 5.69 Å². The van der Waals surface area contributed by atoms with E-state index in [2.05, 4.69) is 69.8 Å². The molecule has 2 fully saturated rings. The summed E-state index contributed by atoms with van der Waals surface area (Å²) in [5.41, 5.74) is 2.29. The van der Waals surface area contributed by atoms with Gasteiger partial charge in [-0.3, -0.25) is 10.1 Å². The number of nitro groups is 1. The van der Waals surface area contributed by atoms with E-state index in [0.717, 1.165) is 44.7 Å². The predicted octanol–water partition coefficient (Wildman–Crippen LogP) is 6.18. The van der Waals surface area contributed by atoms with Crippen LogP contribution >= 0.6 is 0 Å². The maximum atomic E-state index is 11.0. The zero-order valence-electron chi connectivity index (χ0n) is 23.4. The molecule has 0 amide bonds. The molecular formula is C31H36N8O2. The van der Waals surface area contributed by atoms with E-state index in [1.165, 1.54) is 35.6 Å². The first-order chi connectivity index (χ1) is 20.0. The third-order valence-corrected chi connectivity index (χ3v) is 8.19. The highest BCUT2D eigenvalue weighted by molar-refractivity contribution is 5.86. The van der Waals surface area contributed by atoms with Crippen LogP contribution < -0.4 is 20.4 Å². The molecule has 1 saturated carbocycles. The van der Waals surface area contributed by atoms with Crippen LogP contribution in [0.15, 0.2) is 66.7 Å². The second-order valence-electron chi connectivity index (χ2n) is 10.9. The lowest BCUT2D eigenvalue weighted by molar-refractivity contribution is -0.384. The second kappa shape index (κ2) is 12.0. The Morgan fingerprint density at radius 1 is 0.829 bits per heavy atom. The average Bonchev–Trinajstić information content (AvgIpc) is 3.01. The first kappa shape index (κ1) is 26.7. The van der Waals surface area contributed by atoms with Crippen molar-refractivity contribution >= 4 is 40.0 Å². The Hall–Kier alpha value is -4.47. The van der Waals surface area contributed by atoms with Crippen LogP contribution in [-0.4, -0.2) is 52.1 Å². The molecule has 212 valence electrons. The number of fused-ring (bicyclic) bond motifs is 1. The lowest BCUT2D eigenvalue weighted by atomic mass is 9.96. The molecule has 2 heterocycles. The molecule has 2 aliphatic rings. The summed E-state index contributed by atoms with van der Waals surface area (Å²) in [4.78, 5) is 29.7. The fraction of sp³-hybridized carbons (Fsp3) is 0.387. The molecule has 10 nitrogen and oxygen atoms in total. The number of rotatable bonds is 8. The third-order valence-electron chi connectivity index (χ3n) is 8.19. The van der Waals surface area contributed by atoms with Crippen LogP contribution in [0.2, 0.25) is 0 Å². The van der Waals surface area contributed by atoms with Gasteiger partial charge in [-0.1, -0.05) is 61.7 Å². The van der Waals surface area contributed by atoms with E-state index in [9.17, 15) is 10.1 Å².